The first-order valence-electron chi connectivity index (χ1n) is 8.82. The Kier molecular flexibility index (Phi) is 6.22. The number of halogens is 1. The fourth-order valence-corrected chi connectivity index (χ4v) is 3.28. The van der Waals surface area contributed by atoms with E-state index in [0.717, 1.165) is 44.0 Å². The van der Waals surface area contributed by atoms with E-state index in [9.17, 15) is 4.79 Å². The predicted molar refractivity (Wildman–Crippen MR) is 105 cm³/mol. The summed E-state index contributed by atoms with van der Waals surface area (Å²) in [6, 6.07) is 11.3. The third kappa shape index (κ3) is 4.36. The quantitative estimate of drug-likeness (QED) is 0.663. The molecule has 0 atom stereocenters. The Bertz CT molecular complexity index is 934. The minimum absolute atomic E-state index is 0. The van der Waals surface area contributed by atoms with Gasteiger partial charge in [0, 0.05) is 50.9 Å². The first-order chi connectivity index (χ1) is 12.7. The van der Waals surface area contributed by atoms with Crippen molar-refractivity contribution in [3.05, 3.63) is 52.4 Å². The molecular formula is C18H23ClN6O2. The summed E-state index contributed by atoms with van der Waals surface area (Å²) in [6.07, 6.45) is 0. The van der Waals surface area contributed by atoms with E-state index in [4.69, 9.17) is 5.11 Å². The van der Waals surface area contributed by atoms with Crippen molar-refractivity contribution in [2.45, 2.75) is 6.54 Å². The van der Waals surface area contributed by atoms with Crippen molar-refractivity contribution in [2.75, 3.05) is 39.3 Å². The van der Waals surface area contributed by atoms with Gasteiger partial charge in [-0.3, -0.25) is 19.7 Å². The summed E-state index contributed by atoms with van der Waals surface area (Å²) in [5.41, 5.74) is 1.49. The minimum atomic E-state index is -0.154. The summed E-state index contributed by atoms with van der Waals surface area (Å²) in [7, 11) is 0. The van der Waals surface area contributed by atoms with Crippen LogP contribution in [-0.2, 0) is 6.54 Å². The van der Waals surface area contributed by atoms with E-state index in [1.165, 1.54) is 4.52 Å². The van der Waals surface area contributed by atoms with Crippen LogP contribution in [0, 0.1) is 0 Å². The molecule has 1 aromatic carbocycles. The first kappa shape index (κ1) is 19.5. The van der Waals surface area contributed by atoms with Gasteiger partial charge in [0.1, 0.15) is 0 Å². The third-order valence-corrected chi connectivity index (χ3v) is 4.70. The SMILES string of the molecule is Cl.O=c1cc(CN2CCN(CCO)CC2)nc2nc(-c3ccccc3)[nH]n12. The van der Waals surface area contributed by atoms with Crippen LogP contribution in [0.3, 0.4) is 0 Å². The van der Waals surface area contributed by atoms with Gasteiger partial charge in [-0.15, -0.1) is 12.4 Å². The van der Waals surface area contributed by atoms with E-state index in [2.05, 4.69) is 24.9 Å². The second-order valence-electron chi connectivity index (χ2n) is 6.50. The molecule has 4 rings (SSSR count). The van der Waals surface area contributed by atoms with Gasteiger partial charge in [0.25, 0.3) is 11.3 Å². The molecule has 0 unspecified atom stereocenters. The molecule has 1 aliphatic rings. The summed E-state index contributed by atoms with van der Waals surface area (Å²) in [6.45, 7) is 5.18. The van der Waals surface area contributed by atoms with Gasteiger partial charge in [-0.25, -0.2) is 4.98 Å². The minimum Gasteiger partial charge on any atom is -0.395 e. The second-order valence-corrected chi connectivity index (χ2v) is 6.50. The normalized spacial score (nSPS) is 15.7. The zero-order valence-electron chi connectivity index (χ0n) is 14.9. The summed E-state index contributed by atoms with van der Waals surface area (Å²) in [5.74, 6) is 1.02. The van der Waals surface area contributed by atoms with Crippen molar-refractivity contribution >= 4 is 18.2 Å². The van der Waals surface area contributed by atoms with Gasteiger partial charge in [-0.05, 0) is 0 Å². The number of fused-ring (bicyclic) bond motifs is 1. The van der Waals surface area contributed by atoms with Gasteiger partial charge in [-0.1, -0.05) is 30.3 Å². The molecule has 0 amide bonds. The Balaban J connectivity index is 0.00000210. The molecule has 0 radical (unpaired) electrons. The van der Waals surface area contributed by atoms with Crippen LogP contribution >= 0.6 is 12.4 Å². The number of aromatic amines is 1. The molecule has 9 heteroatoms. The summed E-state index contributed by atoms with van der Waals surface area (Å²) in [5, 5.41) is 12.0. The number of H-pyrrole nitrogens is 1. The Hall–Kier alpha value is -2.26. The molecule has 0 bridgehead atoms. The average molecular weight is 391 g/mol. The zero-order valence-corrected chi connectivity index (χ0v) is 15.7. The van der Waals surface area contributed by atoms with Crippen molar-refractivity contribution in [3.63, 3.8) is 0 Å². The van der Waals surface area contributed by atoms with Gasteiger partial charge >= 0.3 is 0 Å². The van der Waals surface area contributed by atoms with Gasteiger partial charge in [0.15, 0.2) is 5.82 Å². The monoisotopic (exact) mass is 390 g/mol. The number of β-amino-alcohol motifs (C(OH)–C–C–N with tert-alkyl or cyclic N) is 1. The van der Waals surface area contributed by atoms with Crippen LogP contribution in [0.2, 0.25) is 0 Å². The van der Waals surface area contributed by atoms with E-state index >= 15 is 0 Å². The van der Waals surface area contributed by atoms with Gasteiger partial charge in [0.2, 0.25) is 0 Å². The molecule has 2 N–H and O–H groups in total. The Morgan fingerprint density at radius 3 is 2.44 bits per heavy atom. The maximum Gasteiger partial charge on any atom is 0.274 e. The largest absolute Gasteiger partial charge is 0.395 e. The standard InChI is InChI=1S/C18H22N6O2.ClH/c25-11-10-22-6-8-23(9-7-22)13-15-12-16(26)24-18(19-15)20-17(21-24)14-4-2-1-3-5-14;/h1-5,12,25H,6-11,13H2,(H,19,20,21);1H. The number of aromatic nitrogens is 4. The summed E-state index contributed by atoms with van der Waals surface area (Å²) < 4.78 is 1.38. The Labute approximate surface area is 162 Å². The fourth-order valence-electron chi connectivity index (χ4n) is 3.28. The van der Waals surface area contributed by atoms with Crippen LogP contribution < -0.4 is 5.56 Å². The fraction of sp³-hybridized carbons (Fsp3) is 0.389. The van der Waals surface area contributed by atoms with Crippen molar-refractivity contribution in [3.8, 4) is 11.4 Å². The molecule has 2 aromatic heterocycles. The highest BCUT2D eigenvalue weighted by Gasteiger charge is 2.18. The van der Waals surface area contributed by atoms with E-state index < -0.39 is 0 Å². The molecule has 1 aliphatic heterocycles. The summed E-state index contributed by atoms with van der Waals surface area (Å²) in [4.78, 5) is 26.0. The van der Waals surface area contributed by atoms with Crippen molar-refractivity contribution in [1.82, 2.24) is 29.4 Å². The number of hydrogen-bond donors (Lipinski definition) is 2. The molecule has 0 aliphatic carbocycles. The lowest BCUT2D eigenvalue weighted by molar-refractivity contribution is 0.107. The molecule has 1 saturated heterocycles. The number of nitrogens with one attached hydrogen (secondary N) is 1. The van der Waals surface area contributed by atoms with Crippen LogP contribution in [0.5, 0.6) is 0 Å². The van der Waals surface area contributed by atoms with E-state index in [1.54, 1.807) is 6.07 Å². The van der Waals surface area contributed by atoms with Gasteiger partial charge < -0.3 is 5.11 Å². The maximum absolute atomic E-state index is 12.4. The highest BCUT2D eigenvalue weighted by atomic mass is 35.5. The summed E-state index contributed by atoms with van der Waals surface area (Å²) >= 11 is 0. The third-order valence-electron chi connectivity index (χ3n) is 4.70. The topological polar surface area (TPSA) is 89.8 Å². The predicted octanol–water partition coefficient (Wildman–Crippen LogP) is 0.616. The van der Waals surface area contributed by atoms with Crippen molar-refractivity contribution < 1.29 is 5.11 Å². The first-order valence-corrected chi connectivity index (χ1v) is 8.82. The molecule has 3 heterocycles. The number of benzene rings is 1. The lowest BCUT2D eigenvalue weighted by Crippen LogP contribution is -2.46. The van der Waals surface area contributed by atoms with Crippen LogP contribution in [-0.4, -0.2) is 73.8 Å². The van der Waals surface area contributed by atoms with E-state index in [1.807, 2.05) is 30.3 Å². The van der Waals surface area contributed by atoms with Crippen LogP contribution in [0.15, 0.2) is 41.2 Å². The lowest BCUT2D eigenvalue weighted by Gasteiger charge is -2.34. The molecule has 0 spiro atoms. The van der Waals surface area contributed by atoms with Crippen molar-refractivity contribution in [2.24, 2.45) is 0 Å². The molecule has 3 aromatic rings. The highest BCUT2D eigenvalue weighted by molar-refractivity contribution is 5.85. The smallest absolute Gasteiger partial charge is 0.274 e. The lowest BCUT2D eigenvalue weighted by atomic mass is 10.2. The maximum atomic E-state index is 12.4. The molecule has 144 valence electrons. The van der Waals surface area contributed by atoms with Gasteiger partial charge in [-0.2, -0.15) is 9.50 Å². The average Bonchev–Trinajstić information content (AvgIpc) is 3.09. The Morgan fingerprint density at radius 1 is 1.04 bits per heavy atom. The second kappa shape index (κ2) is 8.62. The number of hydrogen-bond acceptors (Lipinski definition) is 6. The van der Waals surface area contributed by atoms with Gasteiger partial charge in [0.05, 0.1) is 12.3 Å². The highest BCUT2D eigenvalue weighted by Crippen LogP contribution is 2.14. The number of piperazine rings is 1. The van der Waals surface area contributed by atoms with E-state index in [0.29, 0.717) is 18.1 Å². The number of rotatable bonds is 5. The van der Waals surface area contributed by atoms with Crippen LogP contribution in [0.1, 0.15) is 5.69 Å². The molecule has 8 nitrogen and oxygen atoms in total. The van der Waals surface area contributed by atoms with Crippen LogP contribution in [0.4, 0.5) is 0 Å². The molecular weight excluding hydrogens is 368 g/mol. The number of nitrogens with zero attached hydrogens (tertiary/aromatic N) is 5. The Morgan fingerprint density at radius 2 is 1.74 bits per heavy atom. The zero-order chi connectivity index (χ0) is 17.9. The number of aliphatic hydroxyl groups excluding tert-OH is 1. The van der Waals surface area contributed by atoms with Crippen molar-refractivity contribution in [1.29, 1.82) is 0 Å². The molecule has 1 fully saturated rings. The number of aliphatic hydroxyl groups is 1. The molecule has 0 saturated carbocycles. The van der Waals surface area contributed by atoms with E-state index in [-0.39, 0.29) is 24.6 Å². The molecule has 27 heavy (non-hydrogen) atoms. The van der Waals surface area contributed by atoms with Crippen LogP contribution in [0.25, 0.3) is 17.2 Å².